The lowest BCUT2D eigenvalue weighted by atomic mass is 10.1. The van der Waals surface area contributed by atoms with E-state index in [1.807, 2.05) is 47.7 Å². The highest BCUT2D eigenvalue weighted by atomic mass is 32.1. The Morgan fingerprint density at radius 2 is 0.842 bits per heavy atom. The van der Waals surface area contributed by atoms with Crippen LogP contribution in [-0.2, 0) is 0 Å². The minimum Gasteiger partial charge on any atom is -0.278 e. The normalized spacial score (nSPS) is 11.9. The lowest BCUT2D eigenvalue weighted by molar-refractivity contribution is 0.953. The molecule has 0 amide bonds. The number of benzene rings is 8. The monoisotopic (exact) mass is 762 g/mol. The summed E-state index contributed by atoms with van der Waals surface area (Å²) in [6.45, 7) is 0. The van der Waals surface area contributed by atoms with E-state index < -0.39 is 8.07 Å². The van der Waals surface area contributed by atoms with E-state index >= 15 is 0 Å². The Morgan fingerprint density at radius 3 is 1.49 bits per heavy atom. The van der Waals surface area contributed by atoms with Gasteiger partial charge in [-0.05, 0) is 45.0 Å². The Morgan fingerprint density at radius 1 is 0.351 bits per heavy atom. The van der Waals surface area contributed by atoms with Gasteiger partial charge in [-0.1, -0.05) is 182 Å². The average Bonchev–Trinajstić information content (AvgIpc) is 3.83. The molecule has 0 N–H and O–H groups in total. The fourth-order valence-corrected chi connectivity index (χ4v) is 14.5. The molecule has 0 saturated carbocycles. The van der Waals surface area contributed by atoms with E-state index in [2.05, 4.69) is 174 Å². The summed E-state index contributed by atoms with van der Waals surface area (Å²) < 4.78 is 4.86. The summed E-state index contributed by atoms with van der Waals surface area (Å²) in [5, 5.41) is 10.2. The Kier molecular flexibility index (Phi) is 7.98. The minimum atomic E-state index is -2.96. The first-order chi connectivity index (χ1) is 28.3. The number of fused-ring (bicyclic) bond motifs is 6. The first kappa shape index (κ1) is 33.4. The van der Waals surface area contributed by atoms with Crippen molar-refractivity contribution in [3.05, 3.63) is 206 Å². The van der Waals surface area contributed by atoms with Gasteiger partial charge in [-0.2, -0.15) is 9.97 Å². The molecule has 11 aromatic rings. The zero-order valence-corrected chi connectivity index (χ0v) is 32.6. The van der Waals surface area contributed by atoms with Gasteiger partial charge >= 0.3 is 0 Å². The van der Waals surface area contributed by atoms with Gasteiger partial charge < -0.3 is 0 Å². The predicted molar refractivity (Wildman–Crippen MR) is 242 cm³/mol. The summed E-state index contributed by atoms with van der Waals surface area (Å²) in [6.07, 6.45) is 0. The molecule has 3 heterocycles. The highest BCUT2D eigenvalue weighted by Gasteiger charge is 2.42. The van der Waals surface area contributed by atoms with Crippen LogP contribution in [0.4, 0.5) is 0 Å². The Bertz CT molecular complexity index is 3140. The smallest absolute Gasteiger partial charge is 0.238 e. The summed E-state index contributed by atoms with van der Waals surface area (Å²) in [5.74, 6) is 1.86. The number of hydrogen-bond acceptors (Lipinski definition) is 4. The molecular formula is C51H34N4SSi. The molecular weight excluding hydrogens is 729 g/mol. The molecule has 3 aromatic heterocycles. The third-order valence-corrected chi connectivity index (χ3v) is 17.1. The molecule has 0 bridgehead atoms. The van der Waals surface area contributed by atoms with E-state index in [-0.39, 0.29) is 0 Å². The van der Waals surface area contributed by atoms with Gasteiger partial charge in [0.2, 0.25) is 5.95 Å². The number of rotatable bonds is 7. The molecule has 0 aliphatic rings. The van der Waals surface area contributed by atoms with Crippen molar-refractivity contribution >= 4 is 82.1 Å². The van der Waals surface area contributed by atoms with Gasteiger partial charge in [-0.25, -0.2) is 4.98 Å². The Labute approximate surface area is 335 Å². The van der Waals surface area contributed by atoms with Gasteiger partial charge in [0.1, 0.15) is 0 Å². The zero-order chi connectivity index (χ0) is 37.8. The Hall–Kier alpha value is -6.99. The van der Waals surface area contributed by atoms with Crippen LogP contribution in [0.3, 0.4) is 0 Å². The van der Waals surface area contributed by atoms with E-state index in [0.717, 1.165) is 32.9 Å². The van der Waals surface area contributed by atoms with Crippen molar-refractivity contribution in [1.29, 1.82) is 0 Å². The van der Waals surface area contributed by atoms with Gasteiger partial charge in [0.25, 0.3) is 0 Å². The van der Waals surface area contributed by atoms with Crippen LogP contribution < -0.4 is 20.7 Å². The van der Waals surface area contributed by atoms with Crippen molar-refractivity contribution < 1.29 is 0 Å². The first-order valence-corrected chi connectivity index (χ1v) is 22.0. The second-order valence-corrected chi connectivity index (χ2v) is 19.3. The zero-order valence-electron chi connectivity index (χ0n) is 30.8. The van der Waals surface area contributed by atoms with Crippen LogP contribution in [-0.4, -0.2) is 27.6 Å². The average molecular weight is 763 g/mol. The second kappa shape index (κ2) is 13.6. The molecule has 0 unspecified atom stereocenters. The van der Waals surface area contributed by atoms with Crippen molar-refractivity contribution in [2.45, 2.75) is 0 Å². The molecule has 0 spiro atoms. The van der Waals surface area contributed by atoms with Gasteiger partial charge in [0, 0.05) is 42.1 Å². The lowest BCUT2D eigenvalue weighted by Gasteiger charge is -2.34. The molecule has 0 aliphatic heterocycles. The van der Waals surface area contributed by atoms with Crippen LogP contribution in [0, 0.1) is 0 Å². The molecule has 268 valence electrons. The molecule has 0 atom stereocenters. The van der Waals surface area contributed by atoms with E-state index in [1.54, 1.807) is 0 Å². The van der Waals surface area contributed by atoms with E-state index in [9.17, 15) is 0 Å². The number of nitrogens with zero attached hydrogens (tertiary/aromatic N) is 4. The van der Waals surface area contributed by atoms with Gasteiger partial charge in [0.05, 0.1) is 11.0 Å². The summed E-state index contributed by atoms with van der Waals surface area (Å²) in [5.41, 5.74) is 3.99. The van der Waals surface area contributed by atoms with E-state index in [1.165, 1.54) is 40.9 Å². The predicted octanol–water partition coefficient (Wildman–Crippen LogP) is 10.0. The van der Waals surface area contributed by atoms with Crippen molar-refractivity contribution in [2.24, 2.45) is 0 Å². The summed E-state index contributed by atoms with van der Waals surface area (Å²) in [4.78, 5) is 15.5. The van der Waals surface area contributed by atoms with Crippen molar-refractivity contribution in [3.63, 3.8) is 0 Å². The van der Waals surface area contributed by atoms with Gasteiger partial charge in [0.15, 0.2) is 19.7 Å². The molecule has 4 nitrogen and oxygen atoms in total. The molecule has 6 heteroatoms. The number of para-hydroxylation sites is 1. The largest absolute Gasteiger partial charge is 0.278 e. The number of thiophene rings is 1. The summed E-state index contributed by atoms with van der Waals surface area (Å²) in [6, 6.07) is 74.5. The number of aromatic nitrogens is 4. The highest BCUT2D eigenvalue weighted by molar-refractivity contribution is 7.26. The molecule has 0 radical (unpaired) electrons. The highest BCUT2D eigenvalue weighted by Crippen LogP contribution is 2.35. The Balaban J connectivity index is 1.24. The molecule has 0 saturated heterocycles. The van der Waals surface area contributed by atoms with Crippen molar-refractivity contribution in [2.75, 3.05) is 0 Å². The maximum absolute atomic E-state index is 5.25. The lowest BCUT2D eigenvalue weighted by Crippen LogP contribution is -2.74. The van der Waals surface area contributed by atoms with Crippen LogP contribution in [0.5, 0.6) is 0 Å². The molecule has 0 fully saturated rings. The summed E-state index contributed by atoms with van der Waals surface area (Å²) in [7, 11) is -2.96. The number of hydrogen-bond donors (Lipinski definition) is 0. The quantitative estimate of drug-likeness (QED) is 0.120. The van der Waals surface area contributed by atoms with Gasteiger partial charge in [-0.15, -0.1) is 11.3 Å². The topological polar surface area (TPSA) is 43.6 Å². The SMILES string of the molecule is c1ccc(-c2nc(-c3ccccc3)nc(-n3c4ccccc4c4ccc([Si](c5ccccc5)(c5ccccc5)c5ccc6sc7ccccc7c6c5)cc43)n2)cc1. The standard InChI is InChI=1S/C51H34N4SSi/c1-5-17-35(18-6-1)49-52-50(36-19-7-2-8-20-36)54-51(53-49)55-45-27-15-13-25-41(45)42-31-29-40(34-46(42)55)57(37-21-9-3-10-22-37,38-23-11-4-12-24-38)39-30-32-48-44(33-39)43-26-14-16-28-47(43)56-48/h1-34H. The van der Waals surface area contributed by atoms with Crippen LogP contribution >= 0.6 is 11.3 Å². The molecule has 57 heavy (non-hydrogen) atoms. The van der Waals surface area contributed by atoms with Crippen molar-refractivity contribution in [1.82, 2.24) is 19.5 Å². The summed E-state index contributed by atoms with van der Waals surface area (Å²) >= 11 is 1.86. The first-order valence-electron chi connectivity index (χ1n) is 19.2. The van der Waals surface area contributed by atoms with E-state index in [4.69, 9.17) is 15.0 Å². The van der Waals surface area contributed by atoms with Gasteiger partial charge in [-0.3, -0.25) is 4.57 Å². The fourth-order valence-electron chi connectivity index (χ4n) is 8.65. The molecule has 11 rings (SSSR count). The fraction of sp³-hybridized carbons (Fsp3) is 0. The van der Waals surface area contributed by atoms with E-state index in [0.29, 0.717) is 17.6 Å². The second-order valence-electron chi connectivity index (χ2n) is 14.4. The van der Waals surface area contributed by atoms with Crippen LogP contribution in [0.1, 0.15) is 0 Å². The maximum atomic E-state index is 5.25. The van der Waals surface area contributed by atoms with Crippen LogP contribution in [0.15, 0.2) is 206 Å². The molecule has 0 aliphatic carbocycles. The van der Waals surface area contributed by atoms with Crippen molar-refractivity contribution in [3.8, 4) is 28.7 Å². The molecule has 8 aromatic carbocycles. The van der Waals surface area contributed by atoms with Crippen LogP contribution in [0.2, 0.25) is 0 Å². The maximum Gasteiger partial charge on any atom is 0.238 e. The minimum absolute atomic E-state index is 0.587. The third kappa shape index (κ3) is 5.45. The van der Waals surface area contributed by atoms with Crippen LogP contribution in [0.25, 0.3) is 70.7 Å². The third-order valence-electron chi connectivity index (χ3n) is 11.2.